The second-order valence-corrected chi connectivity index (χ2v) is 5.19. The second kappa shape index (κ2) is 6.88. The van der Waals surface area contributed by atoms with Gasteiger partial charge in [0.15, 0.2) is 11.4 Å². The van der Waals surface area contributed by atoms with Crippen LogP contribution in [0.4, 0.5) is 22.7 Å². The van der Waals surface area contributed by atoms with E-state index in [1.807, 2.05) is 0 Å². The van der Waals surface area contributed by atoms with E-state index in [2.05, 4.69) is 8.73 Å². The molecule has 0 bridgehead atoms. The number of nitrogens with zero attached hydrogens (tertiary/aromatic N) is 4. The van der Waals surface area contributed by atoms with Crippen molar-refractivity contribution in [1.29, 1.82) is 0 Å². The Morgan fingerprint density at radius 1 is 0.826 bits per heavy atom. The van der Waals surface area contributed by atoms with Crippen LogP contribution in [0.3, 0.4) is 0 Å². The molecule has 2 aromatic carbocycles. The normalized spacial score (nSPS) is 10.0. The van der Waals surface area contributed by atoms with Crippen LogP contribution in [-0.4, -0.2) is 9.85 Å². The fourth-order valence-electron chi connectivity index (χ4n) is 1.92. The van der Waals surface area contributed by atoms with E-state index in [4.69, 9.17) is 0 Å². The maximum atomic E-state index is 11.0. The van der Waals surface area contributed by atoms with Crippen LogP contribution in [-0.2, 0) is 11.4 Å². The molecule has 0 saturated carbocycles. The van der Waals surface area contributed by atoms with Gasteiger partial charge in [-0.25, -0.2) is 0 Å². The second-order valence-electron chi connectivity index (χ2n) is 4.66. The molecule has 0 atom stereocenters. The standard InChI is InChI=1S/C14H12N4O4S/c1-9-5-3-7-11(17(19)20)13(9)15-23-16-14-10(2)6-4-8-12(14)18(21)22/h3-8H,1-2H3. The summed E-state index contributed by atoms with van der Waals surface area (Å²) in [6, 6.07) is 9.23. The molecule has 8 nitrogen and oxygen atoms in total. The number of nitro benzene ring substituents is 2. The SMILES string of the molecule is Cc1cccc([N+](=O)[O-])c1N=S=Nc1c(C)cccc1[N+](=O)[O-]. The lowest BCUT2D eigenvalue weighted by Crippen LogP contribution is -1.90. The molecule has 0 unspecified atom stereocenters. The summed E-state index contributed by atoms with van der Waals surface area (Å²) in [5.41, 5.74) is 1.38. The zero-order valence-electron chi connectivity index (χ0n) is 12.3. The molecule has 0 fully saturated rings. The topological polar surface area (TPSA) is 111 Å². The number of rotatable bonds is 4. The molecular weight excluding hydrogens is 320 g/mol. The Morgan fingerprint density at radius 3 is 1.57 bits per heavy atom. The number of nitro groups is 2. The minimum atomic E-state index is -0.525. The van der Waals surface area contributed by atoms with Gasteiger partial charge in [-0.05, 0) is 25.0 Å². The summed E-state index contributed by atoms with van der Waals surface area (Å²) in [7, 11) is 0. The Bertz CT molecular complexity index is 792. The quantitative estimate of drug-likeness (QED) is 0.604. The minimum absolute atomic E-state index is 0.132. The van der Waals surface area contributed by atoms with Gasteiger partial charge in [-0.3, -0.25) is 20.2 Å². The Labute approximate surface area is 135 Å². The molecule has 0 aliphatic rings. The molecule has 2 rings (SSSR count). The van der Waals surface area contributed by atoms with E-state index in [0.717, 1.165) is 0 Å². The molecule has 0 amide bonds. The van der Waals surface area contributed by atoms with Gasteiger partial charge in [0, 0.05) is 12.1 Å². The summed E-state index contributed by atoms with van der Waals surface area (Å²) >= 11 is 0.692. The fraction of sp³-hybridized carbons (Fsp3) is 0.143. The van der Waals surface area contributed by atoms with Crippen molar-refractivity contribution in [3.63, 3.8) is 0 Å². The molecular formula is C14H12N4O4S. The highest BCUT2D eigenvalue weighted by Gasteiger charge is 2.16. The van der Waals surface area contributed by atoms with Crippen molar-refractivity contribution in [1.82, 2.24) is 0 Å². The highest BCUT2D eigenvalue weighted by Crippen LogP contribution is 2.32. The zero-order chi connectivity index (χ0) is 17.0. The van der Waals surface area contributed by atoms with E-state index in [1.54, 1.807) is 38.1 Å². The first-order valence-electron chi connectivity index (χ1n) is 6.48. The molecule has 23 heavy (non-hydrogen) atoms. The Hall–Kier alpha value is -2.94. The molecule has 0 saturated heterocycles. The maximum absolute atomic E-state index is 11.0. The summed E-state index contributed by atoms with van der Waals surface area (Å²) in [5.74, 6) is 0. The number of hydrogen-bond donors (Lipinski definition) is 0. The van der Waals surface area contributed by atoms with Gasteiger partial charge < -0.3 is 0 Å². The lowest BCUT2D eigenvalue weighted by atomic mass is 10.2. The van der Waals surface area contributed by atoms with Gasteiger partial charge in [0.2, 0.25) is 0 Å². The Morgan fingerprint density at radius 2 is 1.22 bits per heavy atom. The fourth-order valence-corrected chi connectivity index (χ4v) is 2.60. The van der Waals surface area contributed by atoms with Crippen LogP contribution in [0.2, 0.25) is 0 Å². The van der Waals surface area contributed by atoms with Crippen molar-refractivity contribution in [2.75, 3.05) is 0 Å². The van der Waals surface area contributed by atoms with Gasteiger partial charge in [0.1, 0.15) is 0 Å². The molecule has 9 heteroatoms. The van der Waals surface area contributed by atoms with Gasteiger partial charge >= 0.3 is 0 Å². The van der Waals surface area contributed by atoms with Crippen LogP contribution in [0, 0.1) is 34.1 Å². The van der Waals surface area contributed by atoms with E-state index in [1.165, 1.54) is 12.1 Å². The molecule has 0 N–H and O–H groups in total. The zero-order valence-corrected chi connectivity index (χ0v) is 13.1. The molecule has 0 aliphatic heterocycles. The van der Waals surface area contributed by atoms with Gasteiger partial charge in [-0.1, -0.05) is 24.3 Å². The van der Waals surface area contributed by atoms with Crippen molar-refractivity contribution in [3.05, 3.63) is 67.8 Å². The van der Waals surface area contributed by atoms with E-state index in [0.29, 0.717) is 22.5 Å². The Kier molecular flexibility index (Phi) is 4.91. The van der Waals surface area contributed by atoms with Crippen molar-refractivity contribution < 1.29 is 9.85 Å². The molecule has 0 radical (unpaired) electrons. The third-order valence-corrected chi connectivity index (χ3v) is 3.62. The van der Waals surface area contributed by atoms with E-state index < -0.39 is 9.85 Å². The molecule has 0 aliphatic carbocycles. The van der Waals surface area contributed by atoms with E-state index >= 15 is 0 Å². The van der Waals surface area contributed by atoms with Crippen LogP contribution in [0.1, 0.15) is 11.1 Å². The minimum Gasteiger partial charge on any atom is -0.258 e. The van der Waals surface area contributed by atoms with Crippen LogP contribution in [0.5, 0.6) is 0 Å². The van der Waals surface area contributed by atoms with Gasteiger partial charge in [-0.15, -0.1) is 0 Å². The van der Waals surface area contributed by atoms with Gasteiger partial charge in [0.05, 0.1) is 21.2 Å². The molecule has 0 spiro atoms. The van der Waals surface area contributed by atoms with E-state index in [9.17, 15) is 20.2 Å². The Balaban J connectivity index is 2.53. The summed E-state index contributed by atoms with van der Waals surface area (Å²) in [6.45, 7) is 3.39. The molecule has 118 valence electrons. The van der Waals surface area contributed by atoms with Crippen LogP contribution >= 0.6 is 0 Å². The van der Waals surface area contributed by atoms with Crippen LogP contribution in [0.25, 0.3) is 0 Å². The predicted molar refractivity (Wildman–Crippen MR) is 87.2 cm³/mol. The van der Waals surface area contributed by atoms with Crippen molar-refractivity contribution in [2.24, 2.45) is 8.73 Å². The van der Waals surface area contributed by atoms with Crippen molar-refractivity contribution in [3.8, 4) is 0 Å². The molecule has 2 aromatic rings. The lowest BCUT2D eigenvalue weighted by molar-refractivity contribution is -0.384. The monoisotopic (exact) mass is 332 g/mol. The summed E-state index contributed by atoms with van der Waals surface area (Å²) in [5, 5.41) is 22.0. The van der Waals surface area contributed by atoms with Crippen LogP contribution < -0.4 is 0 Å². The number of hydrogen-bond acceptors (Lipinski definition) is 6. The first kappa shape index (κ1) is 16.4. The smallest absolute Gasteiger partial charge is 0.258 e. The first-order chi connectivity index (χ1) is 10.9. The highest BCUT2D eigenvalue weighted by atomic mass is 32.1. The summed E-state index contributed by atoms with van der Waals surface area (Å²) in [4.78, 5) is 21.0. The first-order valence-corrected chi connectivity index (χ1v) is 7.21. The van der Waals surface area contributed by atoms with E-state index in [-0.39, 0.29) is 22.7 Å². The van der Waals surface area contributed by atoms with Crippen LogP contribution in [0.15, 0.2) is 45.1 Å². The average molecular weight is 332 g/mol. The summed E-state index contributed by atoms with van der Waals surface area (Å²) in [6.07, 6.45) is 0. The summed E-state index contributed by atoms with van der Waals surface area (Å²) < 4.78 is 8.10. The third kappa shape index (κ3) is 3.64. The highest BCUT2D eigenvalue weighted by molar-refractivity contribution is 7.57. The number of aryl methyl sites for hydroxylation is 2. The molecule has 0 heterocycles. The average Bonchev–Trinajstić information content (AvgIpc) is 2.49. The van der Waals surface area contributed by atoms with Crippen molar-refractivity contribution in [2.45, 2.75) is 13.8 Å². The maximum Gasteiger partial charge on any atom is 0.296 e. The number of benzene rings is 2. The largest absolute Gasteiger partial charge is 0.296 e. The third-order valence-electron chi connectivity index (χ3n) is 3.09. The lowest BCUT2D eigenvalue weighted by Gasteiger charge is -1.99. The molecule has 0 aromatic heterocycles. The van der Waals surface area contributed by atoms with Gasteiger partial charge in [0.25, 0.3) is 11.4 Å². The van der Waals surface area contributed by atoms with Gasteiger partial charge in [-0.2, -0.15) is 8.73 Å². The predicted octanol–water partition coefficient (Wildman–Crippen LogP) is 4.53. The van der Waals surface area contributed by atoms with Crippen molar-refractivity contribution >= 4 is 34.1 Å².